The molecule has 0 aromatic carbocycles. The predicted molar refractivity (Wildman–Crippen MR) is 47.0 cm³/mol. The summed E-state index contributed by atoms with van der Waals surface area (Å²) in [7, 11) is 1.83. The Labute approximate surface area is 75.5 Å². The van der Waals surface area contributed by atoms with Crippen LogP contribution in [0.5, 0.6) is 0 Å². The van der Waals surface area contributed by atoms with Gasteiger partial charge in [0.15, 0.2) is 0 Å². The highest BCUT2D eigenvalue weighted by Gasteiger charge is 2.03. The van der Waals surface area contributed by atoms with Crippen LogP contribution in [0, 0.1) is 0 Å². The summed E-state index contributed by atoms with van der Waals surface area (Å²) in [6, 6.07) is 1.72. The monoisotopic (exact) mass is 190 g/mol. The van der Waals surface area contributed by atoms with Crippen molar-refractivity contribution in [2.24, 2.45) is 0 Å². The molecular formula is C7H8Cl2N2. The average molecular weight is 191 g/mol. The molecule has 2 nitrogen and oxygen atoms in total. The fraction of sp³-hybridized carbons (Fsp3) is 0.286. The van der Waals surface area contributed by atoms with Crippen molar-refractivity contribution in [2.45, 2.75) is 6.54 Å². The number of hydrogen-bond donors (Lipinski definition) is 1. The van der Waals surface area contributed by atoms with Gasteiger partial charge in [-0.1, -0.05) is 23.2 Å². The van der Waals surface area contributed by atoms with Gasteiger partial charge in [-0.25, -0.2) is 4.98 Å². The number of aromatic nitrogens is 1. The van der Waals surface area contributed by atoms with Crippen LogP contribution in [0.15, 0.2) is 12.3 Å². The first kappa shape index (κ1) is 8.78. The highest BCUT2D eigenvalue weighted by atomic mass is 35.5. The van der Waals surface area contributed by atoms with E-state index in [1.807, 2.05) is 7.05 Å². The minimum absolute atomic E-state index is 0.465. The summed E-state index contributed by atoms with van der Waals surface area (Å²) in [5.74, 6) is 0. The van der Waals surface area contributed by atoms with Crippen molar-refractivity contribution in [1.82, 2.24) is 10.3 Å². The molecule has 1 aromatic rings. The lowest BCUT2D eigenvalue weighted by Crippen LogP contribution is -2.06. The molecule has 0 radical (unpaired) electrons. The van der Waals surface area contributed by atoms with E-state index in [-0.39, 0.29) is 0 Å². The first-order valence-corrected chi connectivity index (χ1v) is 3.94. The van der Waals surface area contributed by atoms with Gasteiger partial charge in [-0.15, -0.1) is 0 Å². The molecule has 4 heteroatoms. The fourth-order valence-corrected chi connectivity index (χ4v) is 1.27. The second kappa shape index (κ2) is 3.90. The molecule has 0 unspecified atom stereocenters. The van der Waals surface area contributed by atoms with E-state index in [4.69, 9.17) is 23.2 Å². The van der Waals surface area contributed by atoms with Crippen molar-refractivity contribution in [1.29, 1.82) is 0 Å². The fourth-order valence-electron chi connectivity index (χ4n) is 0.779. The van der Waals surface area contributed by atoms with E-state index < -0.39 is 0 Å². The number of rotatable bonds is 2. The lowest BCUT2D eigenvalue weighted by molar-refractivity contribution is 0.814. The van der Waals surface area contributed by atoms with Crippen molar-refractivity contribution in [2.75, 3.05) is 7.05 Å². The Kier molecular flexibility index (Phi) is 3.12. The highest BCUT2D eigenvalue weighted by molar-refractivity contribution is 6.35. The molecule has 0 amide bonds. The van der Waals surface area contributed by atoms with E-state index in [0.717, 1.165) is 5.56 Å². The Bertz CT molecular complexity index is 230. The van der Waals surface area contributed by atoms with Gasteiger partial charge in [0, 0.05) is 23.3 Å². The standard InChI is InChI=1S/C7H8Cl2N2/c1-10-4-5-6(8)2-3-11-7(5)9/h2-3,10H,4H2,1H3. The van der Waals surface area contributed by atoms with Crippen molar-refractivity contribution in [3.05, 3.63) is 28.0 Å². The molecule has 11 heavy (non-hydrogen) atoms. The molecule has 0 bridgehead atoms. The molecule has 0 saturated carbocycles. The number of halogens is 2. The van der Waals surface area contributed by atoms with Gasteiger partial charge in [0.1, 0.15) is 5.15 Å². The van der Waals surface area contributed by atoms with Crippen LogP contribution >= 0.6 is 23.2 Å². The van der Waals surface area contributed by atoms with Crippen molar-refractivity contribution < 1.29 is 0 Å². The zero-order valence-corrected chi connectivity index (χ0v) is 7.58. The molecule has 0 atom stereocenters. The Balaban J connectivity index is 3.00. The van der Waals surface area contributed by atoms with Crippen LogP contribution in [-0.2, 0) is 6.54 Å². The largest absolute Gasteiger partial charge is 0.316 e. The van der Waals surface area contributed by atoms with Crippen LogP contribution in [0.25, 0.3) is 0 Å². The van der Waals surface area contributed by atoms with Gasteiger partial charge in [-0.2, -0.15) is 0 Å². The van der Waals surface area contributed by atoms with Gasteiger partial charge in [0.25, 0.3) is 0 Å². The molecule has 1 N–H and O–H groups in total. The normalized spacial score (nSPS) is 10.1. The smallest absolute Gasteiger partial charge is 0.134 e. The van der Waals surface area contributed by atoms with Gasteiger partial charge in [-0.05, 0) is 13.1 Å². The van der Waals surface area contributed by atoms with E-state index in [1.165, 1.54) is 0 Å². The van der Waals surface area contributed by atoms with Crippen LogP contribution < -0.4 is 5.32 Å². The molecule has 0 spiro atoms. The topological polar surface area (TPSA) is 24.9 Å². The van der Waals surface area contributed by atoms with Crippen molar-refractivity contribution in [3.63, 3.8) is 0 Å². The quantitative estimate of drug-likeness (QED) is 0.724. The maximum absolute atomic E-state index is 5.84. The van der Waals surface area contributed by atoms with Crippen LogP contribution in [0.4, 0.5) is 0 Å². The molecule has 0 aliphatic heterocycles. The minimum atomic E-state index is 0.465. The summed E-state index contributed by atoms with van der Waals surface area (Å²) in [5, 5.41) is 4.07. The third-order valence-corrected chi connectivity index (χ3v) is 1.98. The third kappa shape index (κ3) is 2.06. The number of nitrogens with one attached hydrogen (secondary N) is 1. The summed E-state index contributed by atoms with van der Waals surface area (Å²) in [6.45, 7) is 0.644. The second-order valence-electron chi connectivity index (χ2n) is 2.09. The lowest BCUT2D eigenvalue weighted by Gasteiger charge is -2.03. The van der Waals surface area contributed by atoms with Gasteiger partial charge >= 0.3 is 0 Å². The lowest BCUT2D eigenvalue weighted by atomic mass is 10.3. The summed E-state index contributed by atoms with van der Waals surface area (Å²) in [6.07, 6.45) is 1.59. The number of nitrogens with zero attached hydrogens (tertiary/aromatic N) is 1. The summed E-state index contributed by atoms with van der Waals surface area (Å²) >= 11 is 11.6. The van der Waals surface area contributed by atoms with Gasteiger partial charge in [0.05, 0.1) is 0 Å². The molecule has 1 heterocycles. The SMILES string of the molecule is CNCc1c(Cl)ccnc1Cl. The third-order valence-electron chi connectivity index (χ3n) is 1.30. The predicted octanol–water partition coefficient (Wildman–Crippen LogP) is 2.11. The van der Waals surface area contributed by atoms with Crippen LogP contribution in [0.3, 0.4) is 0 Å². The number of pyridine rings is 1. The maximum Gasteiger partial charge on any atom is 0.134 e. The molecule has 0 aliphatic carbocycles. The Hall–Kier alpha value is -0.310. The maximum atomic E-state index is 5.84. The summed E-state index contributed by atoms with van der Waals surface area (Å²) < 4.78 is 0. The molecule has 1 aromatic heterocycles. The summed E-state index contributed by atoms with van der Waals surface area (Å²) in [4.78, 5) is 3.90. The zero-order valence-electron chi connectivity index (χ0n) is 6.06. The van der Waals surface area contributed by atoms with E-state index in [2.05, 4.69) is 10.3 Å². The van der Waals surface area contributed by atoms with Crippen LogP contribution in [0.2, 0.25) is 10.2 Å². The first-order valence-electron chi connectivity index (χ1n) is 3.19. The van der Waals surface area contributed by atoms with Gasteiger partial charge < -0.3 is 5.32 Å². The highest BCUT2D eigenvalue weighted by Crippen LogP contribution is 2.21. The van der Waals surface area contributed by atoms with E-state index >= 15 is 0 Å². The van der Waals surface area contributed by atoms with Crippen molar-refractivity contribution >= 4 is 23.2 Å². The molecule has 0 fully saturated rings. The Morgan fingerprint density at radius 1 is 1.55 bits per heavy atom. The molecule has 60 valence electrons. The Morgan fingerprint density at radius 3 is 2.82 bits per heavy atom. The molecular weight excluding hydrogens is 183 g/mol. The first-order chi connectivity index (χ1) is 5.25. The van der Waals surface area contributed by atoms with Crippen molar-refractivity contribution in [3.8, 4) is 0 Å². The summed E-state index contributed by atoms with van der Waals surface area (Å²) in [5.41, 5.74) is 0.846. The molecule has 0 saturated heterocycles. The van der Waals surface area contributed by atoms with Gasteiger partial charge in [-0.3, -0.25) is 0 Å². The van der Waals surface area contributed by atoms with E-state index in [1.54, 1.807) is 12.3 Å². The average Bonchev–Trinajstić information content (AvgIpc) is 1.97. The number of hydrogen-bond acceptors (Lipinski definition) is 2. The van der Waals surface area contributed by atoms with E-state index in [0.29, 0.717) is 16.7 Å². The Morgan fingerprint density at radius 2 is 2.27 bits per heavy atom. The van der Waals surface area contributed by atoms with Gasteiger partial charge in [0.2, 0.25) is 0 Å². The van der Waals surface area contributed by atoms with E-state index in [9.17, 15) is 0 Å². The minimum Gasteiger partial charge on any atom is -0.316 e. The van der Waals surface area contributed by atoms with Crippen LogP contribution in [0.1, 0.15) is 5.56 Å². The zero-order chi connectivity index (χ0) is 8.27. The molecule has 1 rings (SSSR count). The van der Waals surface area contributed by atoms with Crippen LogP contribution in [-0.4, -0.2) is 12.0 Å². The second-order valence-corrected chi connectivity index (χ2v) is 2.86. The molecule has 0 aliphatic rings.